The molecule has 120 valence electrons. The highest BCUT2D eigenvalue weighted by Crippen LogP contribution is 2.10. The maximum Gasteiger partial charge on any atom is 0.408 e. The number of hydrogen-bond donors (Lipinski definition) is 2. The van der Waals surface area contributed by atoms with Gasteiger partial charge >= 0.3 is 6.09 Å². The standard InChI is InChI=1S/C12H25NO6S/c1-9(20(15,16)17)7-18-8-12(5,6)13-10(14)19-11(2,3)4/h9H,7-8H2,1-6H3,(H,13,14)(H,15,16,17). The molecule has 0 aromatic rings. The van der Waals surface area contributed by atoms with Crippen LogP contribution >= 0.6 is 0 Å². The zero-order valence-electron chi connectivity index (χ0n) is 12.9. The molecule has 1 atom stereocenters. The normalized spacial score (nSPS) is 14.8. The first-order chi connectivity index (χ1) is 8.73. The van der Waals surface area contributed by atoms with Gasteiger partial charge in [-0.15, -0.1) is 0 Å². The Morgan fingerprint density at radius 1 is 1.25 bits per heavy atom. The van der Waals surface area contributed by atoms with Crippen LogP contribution in [0.15, 0.2) is 0 Å². The lowest BCUT2D eigenvalue weighted by Gasteiger charge is -2.28. The van der Waals surface area contributed by atoms with Crippen LogP contribution < -0.4 is 5.32 Å². The number of alkyl carbamates (subject to hydrolysis) is 1. The summed E-state index contributed by atoms with van der Waals surface area (Å²) in [4.78, 5) is 11.6. The fraction of sp³-hybridized carbons (Fsp3) is 0.917. The predicted molar refractivity (Wildman–Crippen MR) is 75.3 cm³/mol. The maximum absolute atomic E-state index is 11.6. The van der Waals surface area contributed by atoms with Gasteiger partial charge in [0.1, 0.15) is 10.9 Å². The van der Waals surface area contributed by atoms with E-state index in [1.807, 2.05) is 0 Å². The molecule has 0 aliphatic rings. The molecule has 0 aliphatic heterocycles. The summed E-state index contributed by atoms with van der Waals surface area (Å²) in [6.07, 6.45) is -0.575. The van der Waals surface area contributed by atoms with Gasteiger partial charge in [0.05, 0.1) is 18.8 Å². The second kappa shape index (κ2) is 6.73. The van der Waals surface area contributed by atoms with E-state index in [1.165, 1.54) is 6.92 Å². The molecule has 0 spiro atoms. The molecule has 0 saturated heterocycles. The summed E-state index contributed by atoms with van der Waals surface area (Å²) >= 11 is 0. The molecule has 0 heterocycles. The molecule has 1 amide bonds. The SMILES string of the molecule is CC(COCC(C)(C)NC(=O)OC(C)(C)C)S(=O)(=O)O. The number of carbonyl (C=O) groups is 1. The molecule has 8 heteroatoms. The Morgan fingerprint density at radius 3 is 2.15 bits per heavy atom. The fourth-order valence-corrected chi connectivity index (χ4v) is 1.45. The Bertz CT molecular complexity index is 424. The van der Waals surface area contributed by atoms with Gasteiger partial charge in [-0.05, 0) is 41.5 Å². The van der Waals surface area contributed by atoms with Crippen molar-refractivity contribution >= 4 is 16.2 Å². The molecule has 0 radical (unpaired) electrons. The van der Waals surface area contributed by atoms with Crippen molar-refractivity contribution in [3.8, 4) is 0 Å². The van der Waals surface area contributed by atoms with Crippen LogP contribution in [0.1, 0.15) is 41.5 Å². The van der Waals surface area contributed by atoms with Crippen LogP contribution in [-0.4, -0.2) is 48.7 Å². The van der Waals surface area contributed by atoms with Gasteiger partial charge in [-0.25, -0.2) is 4.79 Å². The van der Waals surface area contributed by atoms with Gasteiger partial charge in [-0.2, -0.15) is 8.42 Å². The van der Waals surface area contributed by atoms with E-state index in [0.717, 1.165) is 0 Å². The topological polar surface area (TPSA) is 102 Å². The van der Waals surface area contributed by atoms with Gasteiger partial charge in [-0.3, -0.25) is 4.55 Å². The van der Waals surface area contributed by atoms with E-state index in [1.54, 1.807) is 34.6 Å². The first kappa shape index (κ1) is 19.1. The van der Waals surface area contributed by atoms with Crippen molar-refractivity contribution in [2.45, 2.75) is 57.9 Å². The Labute approximate surface area is 120 Å². The summed E-state index contributed by atoms with van der Waals surface area (Å²) < 4.78 is 40.7. The summed E-state index contributed by atoms with van der Waals surface area (Å²) in [6, 6.07) is 0. The van der Waals surface area contributed by atoms with Crippen LogP contribution in [0.5, 0.6) is 0 Å². The second-order valence-corrected chi connectivity index (χ2v) is 8.19. The van der Waals surface area contributed by atoms with Crippen LogP contribution in [0.2, 0.25) is 0 Å². The van der Waals surface area contributed by atoms with Crippen LogP contribution in [0.25, 0.3) is 0 Å². The number of rotatable bonds is 6. The Kier molecular flexibility index (Phi) is 6.44. The minimum absolute atomic E-state index is 0.0894. The largest absolute Gasteiger partial charge is 0.444 e. The van der Waals surface area contributed by atoms with E-state index in [0.29, 0.717) is 0 Å². The lowest BCUT2D eigenvalue weighted by Crippen LogP contribution is -2.49. The highest BCUT2D eigenvalue weighted by atomic mass is 32.2. The molecular weight excluding hydrogens is 286 g/mol. The van der Waals surface area contributed by atoms with Gasteiger partial charge in [0.2, 0.25) is 0 Å². The van der Waals surface area contributed by atoms with E-state index in [9.17, 15) is 13.2 Å². The van der Waals surface area contributed by atoms with Gasteiger partial charge in [0.15, 0.2) is 0 Å². The van der Waals surface area contributed by atoms with E-state index >= 15 is 0 Å². The molecule has 20 heavy (non-hydrogen) atoms. The molecular formula is C12H25NO6S. The van der Waals surface area contributed by atoms with Gasteiger partial charge in [0.25, 0.3) is 10.1 Å². The van der Waals surface area contributed by atoms with E-state index in [-0.39, 0.29) is 13.2 Å². The van der Waals surface area contributed by atoms with Crippen molar-refractivity contribution in [1.82, 2.24) is 5.32 Å². The van der Waals surface area contributed by atoms with Crippen LogP contribution in [0, 0.1) is 0 Å². The lowest BCUT2D eigenvalue weighted by atomic mass is 10.1. The van der Waals surface area contributed by atoms with Crippen molar-refractivity contribution in [3.63, 3.8) is 0 Å². The van der Waals surface area contributed by atoms with E-state index in [4.69, 9.17) is 14.0 Å². The average Bonchev–Trinajstić information content (AvgIpc) is 2.10. The third-order valence-electron chi connectivity index (χ3n) is 2.16. The molecule has 0 aliphatic carbocycles. The predicted octanol–water partition coefficient (Wildman–Crippen LogP) is 1.58. The molecule has 0 aromatic heterocycles. The van der Waals surface area contributed by atoms with Crippen LogP contribution in [0.3, 0.4) is 0 Å². The fourth-order valence-electron chi connectivity index (χ4n) is 1.18. The smallest absolute Gasteiger partial charge is 0.408 e. The van der Waals surface area contributed by atoms with Crippen molar-refractivity contribution < 1.29 is 27.2 Å². The summed E-state index contributed by atoms with van der Waals surface area (Å²) in [5.41, 5.74) is -1.32. The Hall–Kier alpha value is -0.860. The lowest BCUT2D eigenvalue weighted by molar-refractivity contribution is 0.0349. The summed E-state index contributed by atoms with van der Waals surface area (Å²) in [5, 5.41) is 1.61. The summed E-state index contributed by atoms with van der Waals surface area (Å²) in [6.45, 7) is 9.97. The van der Waals surface area contributed by atoms with Crippen molar-refractivity contribution in [1.29, 1.82) is 0 Å². The second-order valence-electron chi connectivity index (χ2n) is 6.35. The van der Waals surface area contributed by atoms with Crippen molar-refractivity contribution in [3.05, 3.63) is 0 Å². The first-order valence-corrected chi connectivity index (χ1v) is 7.78. The monoisotopic (exact) mass is 311 g/mol. The third-order valence-corrected chi connectivity index (χ3v) is 3.32. The minimum atomic E-state index is -4.10. The Morgan fingerprint density at radius 2 is 1.75 bits per heavy atom. The summed E-state index contributed by atoms with van der Waals surface area (Å²) in [7, 11) is -4.10. The molecule has 0 fully saturated rings. The van der Waals surface area contributed by atoms with Crippen molar-refractivity contribution in [2.75, 3.05) is 13.2 Å². The minimum Gasteiger partial charge on any atom is -0.444 e. The molecule has 7 nitrogen and oxygen atoms in total. The van der Waals surface area contributed by atoms with E-state index in [2.05, 4.69) is 5.32 Å². The number of hydrogen-bond acceptors (Lipinski definition) is 5. The summed E-state index contributed by atoms with van der Waals surface area (Å²) in [5.74, 6) is 0. The van der Waals surface area contributed by atoms with Crippen molar-refractivity contribution in [2.24, 2.45) is 0 Å². The molecule has 0 aromatic carbocycles. The van der Waals surface area contributed by atoms with Crippen LogP contribution in [-0.2, 0) is 19.6 Å². The first-order valence-electron chi connectivity index (χ1n) is 6.28. The highest BCUT2D eigenvalue weighted by molar-refractivity contribution is 7.86. The van der Waals surface area contributed by atoms with Crippen LogP contribution in [0.4, 0.5) is 4.79 Å². The third kappa shape index (κ3) is 9.11. The zero-order chi connectivity index (χ0) is 16.2. The molecule has 0 bridgehead atoms. The zero-order valence-corrected chi connectivity index (χ0v) is 13.7. The number of amides is 1. The quantitative estimate of drug-likeness (QED) is 0.722. The molecule has 2 N–H and O–H groups in total. The molecule has 0 saturated carbocycles. The van der Waals surface area contributed by atoms with Gasteiger partial charge in [0, 0.05) is 0 Å². The molecule has 0 rings (SSSR count). The van der Waals surface area contributed by atoms with E-state index < -0.39 is 32.6 Å². The number of ether oxygens (including phenoxy) is 2. The molecule has 1 unspecified atom stereocenters. The Balaban J connectivity index is 4.24. The highest BCUT2D eigenvalue weighted by Gasteiger charge is 2.26. The van der Waals surface area contributed by atoms with Gasteiger partial charge < -0.3 is 14.8 Å². The average molecular weight is 311 g/mol. The number of carbonyl (C=O) groups excluding carboxylic acids is 1. The maximum atomic E-state index is 11.6. The number of nitrogens with one attached hydrogen (secondary N) is 1. The van der Waals surface area contributed by atoms with Gasteiger partial charge in [-0.1, -0.05) is 0 Å².